The van der Waals surface area contributed by atoms with Crippen molar-refractivity contribution in [2.24, 2.45) is 0 Å². The van der Waals surface area contributed by atoms with E-state index in [0.717, 1.165) is 15.5 Å². The lowest BCUT2D eigenvalue weighted by atomic mass is 9.98. The van der Waals surface area contributed by atoms with Gasteiger partial charge in [-0.3, -0.25) is 0 Å². The highest BCUT2D eigenvalue weighted by Crippen LogP contribution is 2.14. The van der Waals surface area contributed by atoms with Gasteiger partial charge in [-0.15, -0.1) is 5.47 Å². The van der Waals surface area contributed by atoms with Crippen molar-refractivity contribution in [3.63, 3.8) is 0 Å². The highest BCUT2D eigenvalue weighted by Gasteiger charge is 1.86. The Bertz CT molecular complexity index is 185. The first kappa shape index (κ1) is 9.76. The van der Waals surface area contributed by atoms with Gasteiger partial charge >= 0.3 is 0 Å². The Kier molecular flexibility index (Phi) is 4.45. The van der Waals surface area contributed by atoms with Crippen molar-refractivity contribution < 1.29 is 0 Å². The molecule has 0 aliphatic carbocycles. The number of allylic oxidation sites excluding steroid dienone is 5. The minimum atomic E-state index is 0.790. The van der Waals surface area contributed by atoms with Gasteiger partial charge in [0.1, 0.15) is 7.85 Å². The van der Waals surface area contributed by atoms with Crippen LogP contribution in [0.25, 0.3) is 0 Å². The van der Waals surface area contributed by atoms with Crippen molar-refractivity contribution in [3.05, 3.63) is 34.3 Å². The van der Waals surface area contributed by atoms with Gasteiger partial charge in [0.25, 0.3) is 0 Å². The van der Waals surface area contributed by atoms with Gasteiger partial charge < -0.3 is 0 Å². The lowest BCUT2D eigenvalue weighted by Crippen LogP contribution is -1.72. The Morgan fingerprint density at radius 1 is 1.40 bits per heavy atom. The Labute approximate surface area is 72.2 Å². The van der Waals surface area contributed by atoms with Crippen LogP contribution >= 0.6 is 15.9 Å². The van der Waals surface area contributed by atoms with Gasteiger partial charge in [-0.05, 0) is 18.6 Å². The van der Waals surface area contributed by atoms with Crippen molar-refractivity contribution in [2.75, 3.05) is 0 Å². The van der Waals surface area contributed by atoms with Crippen LogP contribution < -0.4 is 0 Å². The van der Waals surface area contributed by atoms with Crippen LogP contribution in [0, 0.1) is 0 Å². The minimum absolute atomic E-state index is 0.790. The van der Waals surface area contributed by atoms with Crippen LogP contribution in [-0.2, 0) is 0 Å². The molecule has 0 saturated heterocycles. The molecule has 0 heterocycles. The standard InChI is InChI=1S/C8H10BBr/c1-6(2)8(10)5-4-7(3)9/h4-5H,1H2,2-3H3/b7-4+,8-5+. The fraction of sp³-hybridized carbons (Fsp3) is 0.250. The number of halogens is 1. The second-order valence-electron chi connectivity index (χ2n) is 2.21. The van der Waals surface area contributed by atoms with Gasteiger partial charge in [0.2, 0.25) is 0 Å². The van der Waals surface area contributed by atoms with Crippen molar-refractivity contribution in [1.82, 2.24) is 0 Å². The molecule has 0 aliphatic rings. The van der Waals surface area contributed by atoms with Crippen LogP contribution in [0.2, 0.25) is 0 Å². The van der Waals surface area contributed by atoms with Crippen LogP contribution in [0.4, 0.5) is 0 Å². The maximum atomic E-state index is 5.41. The van der Waals surface area contributed by atoms with Gasteiger partial charge in [0, 0.05) is 4.48 Å². The van der Waals surface area contributed by atoms with Gasteiger partial charge in [0.05, 0.1) is 0 Å². The third kappa shape index (κ3) is 4.63. The summed E-state index contributed by atoms with van der Waals surface area (Å²) in [5.41, 5.74) is 1.79. The molecule has 0 atom stereocenters. The zero-order chi connectivity index (χ0) is 8.15. The van der Waals surface area contributed by atoms with E-state index in [9.17, 15) is 0 Å². The third-order valence-corrected chi connectivity index (χ3v) is 1.84. The molecule has 10 heavy (non-hydrogen) atoms. The normalized spacial score (nSPS) is 13.5. The molecule has 0 bridgehead atoms. The summed E-state index contributed by atoms with van der Waals surface area (Å²) in [7, 11) is 5.41. The second kappa shape index (κ2) is 4.56. The molecular formula is C8H10BBr. The highest BCUT2D eigenvalue weighted by atomic mass is 79.9. The Balaban J connectivity index is 4.19. The fourth-order valence-corrected chi connectivity index (χ4v) is 0.479. The number of hydrogen-bond acceptors (Lipinski definition) is 0. The molecular weight excluding hydrogens is 187 g/mol. The molecule has 0 aliphatic heterocycles. The molecule has 0 N–H and O–H groups in total. The molecule has 2 radical (unpaired) electrons. The molecule has 0 spiro atoms. The summed E-state index contributed by atoms with van der Waals surface area (Å²) < 4.78 is 0.984. The molecule has 0 amide bonds. The van der Waals surface area contributed by atoms with Gasteiger partial charge in [-0.25, -0.2) is 0 Å². The Morgan fingerprint density at radius 2 is 1.90 bits per heavy atom. The predicted molar refractivity (Wildman–Crippen MR) is 51.3 cm³/mol. The van der Waals surface area contributed by atoms with E-state index in [1.165, 1.54) is 0 Å². The van der Waals surface area contributed by atoms with Gasteiger partial charge in [-0.1, -0.05) is 35.5 Å². The molecule has 0 saturated carbocycles. The highest BCUT2D eigenvalue weighted by molar-refractivity contribution is 9.12. The van der Waals surface area contributed by atoms with E-state index >= 15 is 0 Å². The summed E-state index contributed by atoms with van der Waals surface area (Å²) in [5, 5.41) is 0. The maximum absolute atomic E-state index is 5.41. The summed E-state index contributed by atoms with van der Waals surface area (Å²) in [5.74, 6) is 0. The summed E-state index contributed by atoms with van der Waals surface area (Å²) in [4.78, 5) is 0. The quantitative estimate of drug-likeness (QED) is 0.471. The average Bonchev–Trinajstić information content (AvgIpc) is 1.82. The van der Waals surface area contributed by atoms with Crippen molar-refractivity contribution in [1.29, 1.82) is 0 Å². The molecule has 0 nitrogen and oxygen atoms in total. The van der Waals surface area contributed by atoms with Crippen molar-refractivity contribution in [2.45, 2.75) is 13.8 Å². The van der Waals surface area contributed by atoms with Crippen LogP contribution in [-0.4, -0.2) is 7.85 Å². The maximum Gasteiger partial charge on any atom is 0.107 e. The largest absolute Gasteiger partial charge is 0.121 e. The number of rotatable bonds is 2. The Morgan fingerprint density at radius 3 is 2.20 bits per heavy atom. The molecule has 52 valence electrons. The molecule has 0 fully saturated rings. The zero-order valence-electron chi connectivity index (χ0n) is 6.32. The summed E-state index contributed by atoms with van der Waals surface area (Å²) >= 11 is 3.33. The first-order chi connectivity index (χ1) is 4.54. The average molecular weight is 197 g/mol. The monoisotopic (exact) mass is 196 g/mol. The summed E-state index contributed by atoms with van der Waals surface area (Å²) in [6.45, 7) is 7.52. The first-order valence-electron chi connectivity index (χ1n) is 2.99. The first-order valence-corrected chi connectivity index (χ1v) is 3.78. The molecule has 0 aromatic carbocycles. The van der Waals surface area contributed by atoms with Gasteiger partial charge in [-0.2, -0.15) is 0 Å². The van der Waals surface area contributed by atoms with Crippen molar-refractivity contribution >= 4 is 23.8 Å². The van der Waals surface area contributed by atoms with E-state index in [0.29, 0.717) is 0 Å². The molecule has 0 aromatic heterocycles. The lowest BCUT2D eigenvalue weighted by molar-refractivity contribution is 1.53. The smallest absolute Gasteiger partial charge is 0.107 e. The zero-order valence-corrected chi connectivity index (χ0v) is 7.90. The van der Waals surface area contributed by atoms with Gasteiger partial charge in [0.15, 0.2) is 0 Å². The van der Waals surface area contributed by atoms with E-state index in [1.807, 2.05) is 26.0 Å². The van der Waals surface area contributed by atoms with E-state index in [2.05, 4.69) is 22.5 Å². The SMILES string of the molecule is [B]/C(C)=C/C=C(/Br)C(=C)C. The fourth-order valence-electron chi connectivity index (χ4n) is 0.347. The predicted octanol–water partition coefficient (Wildman–Crippen LogP) is 2.91. The minimum Gasteiger partial charge on any atom is -0.121 e. The lowest BCUT2D eigenvalue weighted by Gasteiger charge is -1.92. The van der Waals surface area contributed by atoms with E-state index in [-0.39, 0.29) is 0 Å². The topological polar surface area (TPSA) is 0 Å². The molecule has 0 rings (SSSR count). The molecule has 0 aromatic rings. The van der Waals surface area contributed by atoms with E-state index in [1.54, 1.807) is 0 Å². The molecule has 2 heteroatoms. The molecule has 0 unspecified atom stereocenters. The summed E-state index contributed by atoms with van der Waals surface area (Å²) in [6.07, 6.45) is 3.72. The van der Waals surface area contributed by atoms with Crippen molar-refractivity contribution in [3.8, 4) is 0 Å². The summed E-state index contributed by atoms with van der Waals surface area (Å²) in [6, 6.07) is 0. The third-order valence-electron chi connectivity index (χ3n) is 0.900. The van der Waals surface area contributed by atoms with Crippen LogP contribution in [0.1, 0.15) is 13.8 Å². The van der Waals surface area contributed by atoms with Crippen LogP contribution in [0.15, 0.2) is 34.3 Å². The Hall–Kier alpha value is -0.235. The second-order valence-corrected chi connectivity index (χ2v) is 3.06. The van der Waals surface area contributed by atoms with Crippen LogP contribution in [0.5, 0.6) is 0 Å². The van der Waals surface area contributed by atoms with Crippen LogP contribution in [0.3, 0.4) is 0 Å². The number of hydrogen-bond donors (Lipinski definition) is 0. The van der Waals surface area contributed by atoms with E-state index < -0.39 is 0 Å². The van der Waals surface area contributed by atoms with E-state index in [4.69, 9.17) is 7.85 Å².